The molecule has 1 aromatic heterocycles. The molecule has 190 valence electrons. The van der Waals surface area contributed by atoms with Gasteiger partial charge >= 0.3 is 6.18 Å². The summed E-state index contributed by atoms with van der Waals surface area (Å²) in [5.41, 5.74) is 0.934. The van der Waals surface area contributed by atoms with Crippen molar-refractivity contribution in [2.24, 2.45) is 0 Å². The molecule has 2 amide bonds. The first kappa shape index (κ1) is 25.4. The van der Waals surface area contributed by atoms with Crippen molar-refractivity contribution < 1.29 is 27.5 Å². The fraction of sp³-hybridized carbons (Fsp3) is 0.346. The molecule has 0 aliphatic carbocycles. The molecule has 10 heteroatoms. The number of hydrogen-bond donors (Lipinski definition) is 1. The Morgan fingerprint density at radius 1 is 1.14 bits per heavy atom. The smallest absolute Gasteiger partial charge is 0.376 e. The van der Waals surface area contributed by atoms with E-state index in [2.05, 4.69) is 10.3 Å². The van der Waals surface area contributed by atoms with E-state index in [0.29, 0.717) is 24.5 Å². The summed E-state index contributed by atoms with van der Waals surface area (Å²) >= 11 is 0. The molecule has 0 spiro atoms. The number of alkyl halides is 3. The monoisotopic (exact) mass is 500 g/mol. The molecule has 3 aromatic rings. The number of carbonyl (C=O) groups excluding carboxylic acids is 2. The average Bonchev–Trinajstić information content (AvgIpc) is 3.53. The zero-order valence-corrected chi connectivity index (χ0v) is 19.8. The van der Waals surface area contributed by atoms with E-state index in [-0.39, 0.29) is 30.9 Å². The van der Waals surface area contributed by atoms with Gasteiger partial charge in [0.15, 0.2) is 0 Å². The van der Waals surface area contributed by atoms with Crippen molar-refractivity contribution in [3.63, 3.8) is 0 Å². The van der Waals surface area contributed by atoms with Crippen LogP contribution in [0.1, 0.15) is 31.7 Å². The van der Waals surface area contributed by atoms with Crippen molar-refractivity contribution in [1.82, 2.24) is 14.5 Å². The van der Waals surface area contributed by atoms with Crippen molar-refractivity contribution in [3.05, 3.63) is 66.4 Å². The molecule has 2 aromatic carbocycles. The number of aromatic nitrogens is 2. The first-order valence-electron chi connectivity index (χ1n) is 11.8. The van der Waals surface area contributed by atoms with Crippen LogP contribution in [0.25, 0.3) is 16.9 Å². The topological polar surface area (TPSA) is 76.5 Å². The summed E-state index contributed by atoms with van der Waals surface area (Å²) < 4.78 is 46.3. The second-order valence-electron chi connectivity index (χ2n) is 8.54. The summed E-state index contributed by atoms with van der Waals surface area (Å²) in [6.45, 7) is 2.50. The summed E-state index contributed by atoms with van der Waals surface area (Å²) in [4.78, 5) is 31.4. The van der Waals surface area contributed by atoms with Gasteiger partial charge < -0.3 is 9.64 Å². The van der Waals surface area contributed by atoms with E-state index in [4.69, 9.17) is 4.74 Å². The fourth-order valence-electron chi connectivity index (χ4n) is 4.07. The number of halogens is 3. The largest absolute Gasteiger partial charge is 0.416 e. The van der Waals surface area contributed by atoms with E-state index < -0.39 is 17.6 Å². The lowest BCUT2D eigenvalue weighted by molar-refractivity contribution is -0.137. The van der Waals surface area contributed by atoms with Crippen LogP contribution in [0, 0.1) is 0 Å². The van der Waals surface area contributed by atoms with Gasteiger partial charge in [0.2, 0.25) is 17.8 Å². The first-order valence-corrected chi connectivity index (χ1v) is 11.8. The quantitative estimate of drug-likeness (QED) is 0.477. The van der Waals surface area contributed by atoms with E-state index in [1.807, 2.05) is 30.3 Å². The standard InChI is InChI=1S/C26H27F3N4O3/c1-2-24(35)32(15-21-9-6-14-36-21)17-23(34)31-25-30-22(18-7-4-3-5-8-18)16-33(25)20-12-10-19(11-13-20)26(27,28)29/h3-5,7-8,10-13,16,21H,2,6,9,14-15,17H2,1H3,(H,30,31,34)/t21-/m0/s1. The summed E-state index contributed by atoms with van der Waals surface area (Å²) in [5.74, 6) is -0.496. The number of nitrogens with zero attached hydrogens (tertiary/aromatic N) is 3. The van der Waals surface area contributed by atoms with Gasteiger partial charge in [0.1, 0.15) is 6.54 Å². The van der Waals surface area contributed by atoms with Gasteiger partial charge in [-0.15, -0.1) is 0 Å². The third kappa shape index (κ3) is 6.12. The van der Waals surface area contributed by atoms with Gasteiger partial charge in [-0.05, 0) is 37.1 Å². The van der Waals surface area contributed by atoms with E-state index in [9.17, 15) is 22.8 Å². The van der Waals surface area contributed by atoms with Crippen LogP contribution in [-0.4, -0.2) is 52.1 Å². The van der Waals surface area contributed by atoms with Gasteiger partial charge in [-0.1, -0.05) is 37.3 Å². The maximum absolute atomic E-state index is 13.0. The van der Waals surface area contributed by atoms with Crippen LogP contribution in [-0.2, 0) is 20.5 Å². The van der Waals surface area contributed by atoms with Crippen LogP contribution in [0.5, 0.6) is 0 Å². The molecule has 1 aliphatic rings. The lowest BCUT2D eigenvalue weighted by atomic mass is 10.2. The van der Waals surface area contributed by atoms with Crippen molar-refractivity contribution >= 4 is 17.8 Å². The second kappa shape index (κ2) is 10.9. The second-order valence-corrected chi connectivity index (χ2v) is 8.54. The Labute approximate surface area is 206 Å². The highest BCUT2D eigenvalue weighted by Gasteiger charge is 2.30. The predicted octanol–water partition coefficient (Wildman–Crippen LogP) is 4.91. The van der Waals surface area contributed by atoms with Crippen molar-refractivity contribution in [2.75, 3.05) is 25.0 Å². The Kier molecular flexibility index (Phi) is 7.73. The molecule has 0 unspecified atom stereocenters. The molecule has 4 rings (SSSR count). The van der Waals surface area contributed by atoms with Crippen LogP contribution < -0.4 is 5.32 Å². The van der Waals surface area contributed by atoms with Crippen molar-refractivity contribution in [2.45, 2.75) is 38.5 Å². The molecule has 2 heterocycles. The Hall–Kier alpha value is -3.66. The third-order valence-corrected chi connectivity index (χ3v) is 5.94. The van der Waals surface area contributed by atoms with E-state index in [1.54, 1.807) is 13.1 Å². The fourth-order valence-corrected chi connectivity index (χ4v) is 4.07. The number of anilines is 1. The first-order chi connectivity index (χ1) is 17.2. The summed E-state index contributed by atoms with van der Waals surface area (Å²) in [7, 11) is 0. The summed E-state index contributed by atoms with van der Waals surface area (Å²) in [5, 5.41) is 2.73. The lowest BCUT2D eigenvalue weighted by Crippen LogP contribution is -2.42. The minimum absolute atomic E-state index is 0.105. The van der Waals surface area contributed by atoms with Crippen molar-refractivity contribution in [1.29, 1.82) is 0 Å². The highest BCUT2D eigenvalue weighted by molar-refractivity contribution is 5.93. The van der Waals surface area contributed by atoms with E-state index >= 15 is 0 Å². The highest BCUT2D eigenvalue weighted by Crippen LogP contribution is 2.31. The number of imidazole rings is 1. The Balaban J connectivity index is 1.59. The minimum Gasteiger partial charge on any atom is -0.376 e. The maximum atomic E-state index is 13.0. The Morgan fingerprint density at radius 2 is 1.86 bits per heavy atom. The Bertz CT molecular complexity index is 1190. The summed E-state index contributed by atoms with van der Waals surface area (Å²) in [6.07, 6.45) is -0.927. The molecular weight excluding hydrogens is 473 g/mol. The normalized spacial score (nSPS) is 15.6. The summed E-state index contributed by atoms with van der Waals surface area (Å²) in [6, 6.07) is 13.8. The van der Waals surface area contributed by atoms with Gasteiger partial charge in [-0.25, -0.2) is 4.98 Å². The van der Waals surface area contributed by atoms with Gasteiger partial charge in [0.05, 0.1) is 17.4 Å². The molecule has 1 saturated heterocycles. The molecule has 1 aliphatic heterocycles. The minimum atomic E-state index is -4.46. The van der Waals surface area contributed by atoms with E-state index in [0.717, 1.165) is 30.5 Å². The molecule has 1 N–H and O–H groups in total. The average molecular weight is 501 g/mol. The molecule has 7 nitrogen and oxygen atoms in total. The lowest BCUT2D eigenvalue weighted by Gasteiger charge is -2.24. The van der Waals surface area contributed by atoms with Crippen LogP contribution in [0.4, 0.5) is 19.1 Å². The van der Waals surface area contributed by atoms with Gasteiger partial charge in [-0.2, -0.15) is 13.2 Å². The van der Waals surface area contributed by atoms with Crippen LogP contribution in [0.15, 0.2) is 60.8 Å². The molecule has 0 radical (unpaired) electrons. The number of rotatable bonds is 8. The number of nitrogens with one attached hydrogen (secondary N) is 1. The molecular formula is C26H27F3N4O3. The number of ether oxygens (including phenoxy) is 1. The van der Waals surface area contributed by atoms with Gasteiger partial charge in [-0.3, -0.25) is 19.5 Å². The molecule has 0 saturated carbocycles. The molecule has 1 atom stereocenters. The van der Waals surface area contributed by atoms with E-state index in [1.165, 1.54) is 21.6 Å². The highest BCUT2D eigenvalue weighted by atomic mass is 19.4. The zero-order valence-electron chi connectivity index (χ0n) is 19.8. The predicted molar refractivity (Wildman–Crippen MR) is 128 cm³/mol. The number of carbonyl (C=O) groups is 2. The number of hydrogen-bond acceptors (Lipinski definition) is 4. The maximum Gasteiger partial charge on any atom is 0.416 e. The van der Waals surface area contributed by atoms with Gasteiger partial charge in [0.25, 0.3) is 0 Å². The molecule has 0 bridgehead atoms. The number of amides is 2. The van der Waals surface area contributed by atoms with Gasteiger partial charge in [0, 0.05) is 37.0 Å². The van der Waals surface area contributed by atoms with Crippen LogP contribution >= 0.6 is 0 Å². The molecule has 1 fully saturated rings. The number of benzene rings is 2. The SMILES string of the molecule is CCC(=O)N(CC(=O)Nc1nc(-c2ccccc2)cn1-c1ccc(C(F)(F)F)cc1)C[C@@H]1CCCO1. The molecule has 36 heavy (non-hydrogen) atoms. The zero-order chi connectivity index (χ0) is 25.7. The third-order valence-electron chi connectivity index (χ3n) is 5.94. The Morgan fingerprint density at radius 3 is 2.47 bits per heavy atom. The van der Waals surface area contributed by atoms with Crippen LogP contribution in [0.2, 0.25) is 0 Å². The van der Waals surface area contributed by atoms with Crippen LogP contribution in [0.3, 0.4) is 0 Å². The van der Waals surface area contributed by atoms with Crippen molar-refractivity contribution in [3.8, 4) is 16.9 Å².